The van der Waals surface area contributed by atoms with Gasteiger partial charge in [0.25, 0.3) is 0 Å². The minimum Gasteiger partial charge on any atom is -0.448 e. The first-order chi connectivity index (χ1) is 14.0. The molecule has 1 saturated heterocycles. The van der Waals surface area contributed by atoms with Gasteiger partial charge in [0.2, 0.25) is 5.91 Å². The molecule has 1 saturated carbocycles. The quantitative estimate of drug-likeness (QED) is 0.783. The fraction of sp³-hybridized carbons (Fsp3) is 0.429. The summed E-state index contributed by atoms with van der Waals surface area (Å²) in [4.78, 5) is 27.7. The molecule has 1 amide bonds. The highest BCUT2D eigenvalue weighted by atomic mass is 19.3. The zero-order valence-corrected chi connectivity index (χ0v) is 15.6. The molecular weight excluding hydrogens is 382 g/mol. The van der Waals surface area contributed by atoms with Crippen molar-refractivity contribution in [2.75, 3.05) is 19.6 Å². The number of benzene rings is 1. The van der Waals surface area contributed by atoms with Crippen molar-refractivity contribution in [3.05, 3.63) is 53.3 Å². The van der Waals surface area contributed by atoms with E-state index in [4.69, 9.17) is 4.74 Å². The molecule has 3 aliphatic heterocycles. The summed E-state index contributed by atoms with van der Waals surface area (Å²) in [7, 11) is 0. The van der Waals surface area contributed by atoms with Gasteiger partial charge in [-0.15, -0.1) is 0 Å². The number of rotatable bonds is 4. The van der Waals surface area contributed by atoms with Gasteiger partial charge in [-0.2, -0.15) is 8.78 Å². The molecule has 152 valence electrons. The first-order valence-electron chi connectivity index (χ1n) is 9.68. The van der Waals surface area contributed by atoms with Crippen molar-refractivity contribution in [2.24, 2.45) is 0 Å². The van der Waals surface area contributed by atoms with Crippen molar-refractivity contribution in [3.63, 3.8) is 0 Å². The lowest BCUT2D eigenvalue weighted by molar-refractivity contribution is -0.149. The smallest absolute Gasteiger partial charge is 0.387 e. The van der Waals surface area contributed by atoms with Gasteiger partial charge in [-0.1, -0.05) is 24.3 Å². The van der Waals surface area contributed by atoms with Crippen LogP contribution in [-0.2, 0) is 19.7 Å². The molecule has 0 radical (unpaired) electrons. The summed E-state index contributed by atoms with van der Waals surface area (Å²) in [5.74, 6) is -0.567. The Hall–Kier alpha value is -2.74. The number of ether oxygens (including phenoxy) is 2. The fourth-order valence-corrected chi connectivity index (χ4v) is 4.60. The lowest BCUT2D eigenvalue weighted by Crippen LogP contribution is -2.42. The standard InChI is InChI=1S/C21H20F2N2O4/c22-19(23)28-14-5-3-13(4-6-14)20(7-8-20)18(27)25-11-1-2-15-16(25)17(26)29-21(15)9-10-24-12-21/h1-6,19,24H,7-12H2. The second-order valence-electron chi connectivity index (χ2n) is 7.88. The first kappa shape index (κ1) is 18.3. The molecule has 1 aliphatic carbocycles. The molecule has 0 aromatic heterocycles. The van der Waals surface area contributed by atoms with Crippen molar-refractivity contribution < 1.29 is 27.8 Å². The number of alkyl halides is 2. The molecule has 4 aliphatic rings. The molecular formula is C21H20F2N2O4. The van der Waals surface area contributed by atoms with E-state index in [1.165, 1.54) is 17.0 Å². The number of hydrogen-bond acceptors (Lipinski definition) is 5. The highest BCUT2D eigenvalue weighted by Gasteiger charge is 2.57. The number of amides is 1. The Labute approximate surface area is 166 Å². The van der Waals surface area contributed by atoms with E-state index in [2.05, 4.69) is 10.1 Å². The van der Waals surface area contributed by atoms with E-state index in [0.29, 0.717) is 38.0 Å². The molecule has 2 fully saturated rings. The second kappa shape index (κ2) is 6.38. The average Bonchev–Trinajstić information content (AvgIpc) is 3.30. The topological polar surface area (TPSA) is 67.9 Å². The molecule has 1 N–H and O–H groups in total. The summed E-state index contributed by atoms with van der Waals surface area (Å²) < 4.78 is 34.9. The van der Waals surface area contributed by atoms with Crippen molar-refractivity contribution >= 4 is 11.9 Å². The molecule has 8 heteroatoms. The van der Waals surface area contributed by atoms with E-state index in [-0.39, 0.29) is 11.7 Å². The largest absolute Gasteiger partial charge is 0.448 e. The number of halogens is 2. The van der Waals surface area contributed by atoms with E-state index in [1.807, 2.05) is 12.2 Å². The van der Waals surface area contributed by atoms with Gasteiger partial charge in [0, 0.05) is 25.1 Å². The Morgan fingerprint density at radius 2 is 1.97 bits per heavy atom. The van der Waals surface area contributed by atoms with Crippen molar-refractivity contribution in [2.45, 2.75) is 36.9 Å². The van der Waals surface area contributed by atoms with Gasteiger partial charge in [-0.25, -0.2) is 4.79 Å². The Bertz CT molecular complexity index is 929. The number of carbonyl (C=O) groups excluding carboxylic acids is 2. The molecule has 1 aromatic carbocycles. The SMILES string of the molecule is O=C1OC2(CCNC2)C2=C1N(C(=O)C1(c3ccc(OC(F)F)cc3)CC1)CC=C2. The van der Waals surface area contributed by atoms with Crippen molar-refractivity contribution in [3.8, 4) is 5.75 Å². The lowest BCUT2D eigenvalue weighted by Gasteiger charge is -2.29. The van der Waals surface area contributed by atoms with Gasteiger partial charge in [0.05, 0.1) is 5.41 Å². The maximum atomic E-state index is 13.5. The maximum absolute atomic E-state index is 13.5. The van der Waals surface area contributed by atoms with Gasteiger partial charge in [0.15, 0.2) is 5.60 Å². The zero-order valence-electron chi connectivity index (χ0n) is 15.6. The summed E-state index contributed by atoms with van der Waals surface area (Å²) in [6, 6.07) is 6.18. The number of esters is 1. The lowest BCUT2D eigenvalue weighted by atomic mass is 9.89. The van der Waals surface area contributed by atoms with Crippen LogP contribution in [-0.4, -0.2) is 48.6 Å². The number of carbonyl (C=O) groups is 2. The number of nitrogens with zero attached hydrogens (tertiary/aromatic N) is 1. The highest BCUT2D eigenvalue weighted by Crippen LogP contribution is 2.52. The van der Waals surface area contributed by atoms with Crippen molar-refractivity contribution in [1.29, 1.82) is 0 Å². The summed E-state index contributed by atoms with van der Waals surface area (Å²) in [6.45, 7) is -1.29. The van der Waals surface area contributed by atoms with E-state index >= 15 is 0 Å². The summed E-state index contributed by atoms with van der Waals surface area (Å²) >= 11 is 0. The van der Waals surface area contributed by atoms with Crippen LogP contribution in [0.1, 0.15) is 24.8 Å². The number of hydrogen-bond donors (Lipinski definition) is 1. The minimum atomic E-state index is -2.89. The Morgan fingerprint density at radius 1 is 1.21 bits per heavy atom. The van der Waals surface area contributed by atoms with Gasteiger partial charge in [-0.3, -0.25) is 4.79 Å². The minimum absolute atomic E-state index is 0.0490. The monoisotopic (exact) mass is 402 g/mol. The van der Waals surface area contributed by atoms with Crippen LogP contribution >= 0.6 is 0 Å². The third-order valence-electron chi connectivity index (χ3n) is 6.22. The van der Waals surface area contributed by atoms with Crippen LogP contribution in [0.5, 0.6) is 5.75 Å². The predicted octanol–water partition coefficient (Wildman–Crippen LogP) is 2.26. The molecule has 1 unspecified atom stereocenters. The Kier molecular flexibility index (Phi) is 4.03. The molecule has 29 heavy (non-hydrogen) atoms. The Balaban J connectivity index is 1.45. The maximum Gasteiger partial charge on any atom is 0.387 e. The van der Waals surface area contributed by atoms with Crippen LogP contribution in [0.3, 0.4) is 0 Å². The summed E-state index contributed by atoms with van der Waals surface area (Å²) in [5.41, 5.74) is 0.418. The molecule has 1 atom stereocenters. The van der Waals surface area contributed by atoms with E-state index in [9.17, 15) is 18.4 Å². The van der Waals surface area contributed by atoms with Crippen LogP contribution in [0.25, 0.3) is 0 Å². The molecule has 0 bridgehead atoms. The van der Waals surface area contributed by atoms with Gasteiger partial charge in [-0.05, 0) is 37.1 Å². The molecule has 1 aromatic rings. The van der Waals surface area contributed by atoms with Crippen LogP contribution < -0.4 is 10.1 Å². The van der Waals surface area contributed by atoms with E-state index < -0.39 is 23.6 Å². The van der Waals surface area contributed by atoms with Crippen LogP contribution in [0.4, 0.5) is 8.78 Å². The predicted molar refractivity (Wildman–Crippen MR) is 98.2 cm³/mol. The Morgan fingerprint density at radius 3 is 2.59 bits per heavy atom. The normalized spacial score (nSPS) is 26.9. The molecule has 3 heterocycles. The first-order valence-corrected chi connectivity index (χ1v) is 9.68. The molecule has 5 rings (SSSR count). The molecule has 1 spiro atoms. The van der Waals surface area contributed by atoms with Gasteiger partial charge < -0.3 is 19.7 Å². The second-order valence-corrected chi connectivity index (χ2v) is 7.88. The number of nitrogens with one attached hydrogen (secondary N) is 1. The average molecular weight is 402 g/mol. The van der Waals surface area contributed by atoms with Gasteiger partial charge in [0.1, 0.15) is 11.4 Å². The zero-order chi connectivity index (χ0) is 20.2. The van der Waals surface area contributed by atoms with Crippen molar-refractivity contribution in [1.82, 2.24) is 10.2 Å². The third-order valence-corrected chi connectivity index (χ3v) is 6.22. The van der Waals surface area contributed by atoms with E-state index in [0.717, 1.165) is 17.7 Å². The molecule has 6 nitrogen and oxygen atoms in total. The van der Waals surface area contributed by atoms with Crippen LogP contribution in [0.15, 0.2) is 47.7 Å². The van der Waals surface area contributed by atoms with E-state index in [1.54, 1.807) is 12.1 Å². The van der Waals surface area contributed by atoms with Crippen LogP contribution in [0, 0.1) is 0 Å². The van der Waals surface area contributed by atoms with Crippen LogP contribution in [0.2, 0.25) is 0 Å². The summed E-state index contributed by atoms with van der Waals surface area (Å²) in [5, 5.41) is 3.23. The van der Waals surface area contributed by atoms with Gasteiger partial charge >= 0.3 is 12.6 Å². The summed E-state index contributed by atoms with van der Waals surface area (Å²) in [6.07, 6.45) is 5.75. The number of fused-ring (bicyclic) bond motifs is 1. The highest BCUT2D eigenvalue weighted by molar-refractivity contribution is 6.02. The fourth-order valence-electron chi connectivity index (χ4n) is 4.60. The third kappa shape index (κ3) is 2.77.